The Hall–Kier alpha value is -3.16. The van der Waals surface area contributed by atoms with Crippen molar-refractivity contribution in [3.05, 3.63) is 45.5 Å². The number of hydrogen-bond acceptors (Lipinski definition) is 7. The first-order valence-corrected chi connectivity index (χ1v) is 8.57. The first-order valence-electron chi connectivity index (χ1n) is 8.57. The normalized spacial score (nSPS) is 14.2. The molecule has 2 aromatic carbocycles. The van der Waals surface area contributed by atoms with Crippen molar-refractivity contribution >= 4 is 33.8 Å². The van der Waals surface area contributed by atoms with Gasteiger partial charge in [0.15, 0.2) is 5.52 Å². The number of rotatable bonds is 4. The van der Waals surface area contributed by atoms with Crippen LogP contribution in [0.25, 0.3) is 11.0 Å². The van der Waals surface area contributed by atoms with Crippen LogP contribution in [-0.2, 0) is 0 Å². The monoisotopic (exact) mass is 353 g/mol. The predicted molar refractivity (Wildman–Crippen MR) is 99.1 cm³/mol. The maximum atomic E-state index is 11.7. The van der Waals surface area contributed by atoms with E-state index in [1.165, 1.54) is 0 Å². The molecule has 0 radical (unpaired) electrons. The van der Waals surface area contributed by atoms with E-state index >= 15 is 0 Å². The Morgan fingerprint density at radius 1 is 1.12 bits per heavy atom. The van der Waals surface area contributed by atoms with Gasteiger partial charge in [-0.05, 0) is 54.7 Å². The number of hydrogen-bond donors (Lipinski definition) is 1. The molecule has 0 bridgehead atoms. The Balaban J connectivity index is 1.88. The third-order valence-corrected chi connectivity index (χ3v) is 4.77. The van der Waals surface area contributed by atoms with Crippen molar-refractivity contribution in [2.75, 3.05) is 23.3 Å². The Morgan fingerprint density at radius 2 is 1.85 bits per heavy atom. The summed E-state index contributed by atoms with van der Waals surface area (Å²) in [7, 11) is 0. The number of benzene rings is 2. The van der Waals surface area contributed by atoms with E-state index < -0.39 is 4.92 Å². The number of nitrogens with zero attached hydrogens (tertiary/aromatic N) is 4. The van der Waals surface area contributed by atoms with Gasteiger partial charge in [0.2, 0.25) is 5.52 Å². The molecule has 134 valence electrons. The molecule has 1 aliphatic rings. The zero-order valence-electron chi connectivity index (χ0n) is 14.7. The van der Waals surface area contributed by atoms with Gasteiger partial charge in [0.1, 0.15) is 5.69 Å². The molecule has 26 heavy (non-hydrogen) atoms. The summed E-state index contributed by atoms with van der Waals surface area (Å²) in [5.41, 5.74) is 4.67. The van der Waals surface area contributed by atoms with E-state index in [0.29, 0.717) is 11.2 Å². The van der Waals surface area contributed by atoms with Crippen LogP contribution in [0, 0.1) is 24.0 Å². The fraction of sp³-hybridized carbons (Fsp3) is 0.333. The molecule has 0 spiro atoms. The molecule has 1 N–H and O–H groups in total. The Morgan fingerprint density at radius 3 is 2.54 bits per heavy atom. The number of nitro benzene ring substituents is 1. The van der Waals surface area contributed by atoms with Gasteiger partial charge >= 0.3 is 5.69 Å². The van der Waals surface area contributed by atoms with Gasteiger partial charge in [0.25, 0.3) is 0 Å². The van der Waals surface area contributed by atoms with Gasteiger partial charge in [0.05, 0.1) is 10.6 Å². The average molecular weight is 353 g/mol. The van der Waals surface area contributed by atoms with Gasteiger partial charge in [-0.15, -0.1) is 0 Å². The Labute approximate surface area is 149 Å². The number of fused-ring (bicyclic) bond motifs is 1. The minimum Gasteiger partial charge on any atom is -0.370 e. The van der Waals surface area contributed by atoms with Crippen molar-refractivity contribution in [1.29, 1.82) is 0 Å². The summed E-state index contributed by atoms with van der Waals surface area (Å²) in [4.78, 5) is 13.5. The van der Waals surface area contributed by atoms with Crippen LogP contribution in [-0.4, -0.2) is 28.3 Å². The number of anilines is 3. The third kappa shape index (κ3) is 2.73. The molecule has 8 heteroatoms. The van der Waals surface area contributed by atoms with Crippen LogP contribution in [0.2, 0.25) is 0 Å². The summed E-state index contributed by atoms with van der Waals surface area (Å²) in [6, 6.07) is 7.72. The lowest BCUT2D eigenvalue weighted by Crippen LogP contribution is -2.18. The van der Waals surface area contributed by atoms with Crippen LogP contribution in [0.4, 0.5) is 22.7 Å². The zero-order chi connectivity index (χ0) is 18.3. The largest absolute Gasteiger partial charge is 0.370 e. The van der Waals surface area contributed by atoms with Crippen LogP contribution in [0.5, 0.6) is 0 Å². The molecule has 1 aromatic heterocycles. The number of nitro groups is 1. The van der Waals surface area contributed by atoms with E-state index in [2.05, 4.69) is 20.5 Å². The molecule has 3 aromatic rings. The van der Waals surface area contributed by atoms with Crippen LogP contribution in [0.15, 0.2) is 28.9 Å². The van der Waals surface area contributed by atoms with E-state index in [1.807, 2.05) is 32.0 Å². The topological polar surface area (TPSA) is 97.3 Å². The highest BCUT2D eigenvalue weighted by Crippen LogP contribution is 2.40. The fourth-order valence-electron chi connectivity index (χ4n) is 3.49. The summed E-state index contributed by atoms with van der Waals surface area (Å²) in [5, 5.41) is 22.7. The maximum absolute atomic E-state index is 11.7. The minimum atomic E-state index is -0.438. The fourth-order valence-corrected chi connectivity index (χ4v) is 3.49. The van der Waals surface area contributed by atoms with E-state index in [1.54, 1.807) is 6.07 Å². The summed E-state index contributed by atoms with van der Waals surface area (Å²) in [6.45, 7) is 5.77. The highest BCUT2D eigenvalue weighted by molar-refractivity contribution is 6.00. The number of aromatic nitrogens is 2. The van der Waals surface area contributed by atoms with Gasteiger partial charge in [0, 0.05) is 18.8 Å². The molecular weight excluding hydrogens is 334 g/mol. The van der Waals surface area contributed by atoms with Crippen LogP contribution in [0.3, 0.4) is 0 Å². The molecule has 4 rings (SSSR count). The van der Waals surface area contributed by atoms with Crippen molar-refractivity contribution < 1.29 is 9.55 Å². The van der Waals surface area contributed by atoms with Crippen molar-refractivity contribution in [2.24, 2.45) is 0 Å². The lowest BCUT2D eigenvalue weighted by atomic mass is 10.1. The first-order chi connectivity index (χ1) is 12.5. The molecule has 0 unspecified atom stereocenters. The molecule has 0 amide bonds. The molecule has 2 heterocycles. The van der Waals surface area contributed by atoms with E-state index in [-0.39, 0.29) is 11.2 Å². The average Bonchev–Trinajstić information content (AvgIpc) is 3.27. The van der Waals surface area contributed by atoms with Crippen LogP contribution in [0.1, 0.15) is 24.0 Å². The van der Waals surface area contributed by atoms with Gasteiger partial charge < -0.3 is 10.2 Å². The van der Waals surface area contributed by atoms with Crippen LogP contribution < -0.4 is 10.2 Å². The Kier molecular flexibility index (Phi) is 3.95. The summed E-state index contributed by atoms with van der Waals surface area (Å²) in [6.07, 6.45) is 2.17. The Bertz CT molecular complexity index is 992. The van der Waals surface area contributed by atoms with E-state index in [9.17, 15) is 10.1 Å². The van der Waals surface area contributed by atoms with Crippen molar-refractivity contribution in [2.45, 2.75) is 26.7 Å². The SMILES string of the molecule is Cc1ccc(Nc2cc(N3CCCC3)c3nonc3c2[N+](=O)[O-])c(C)c1. The highest BCUT2D eigenvalue weighted by atomic mass is 16.6. The smallest absolute Gasteiger partial charge is 0.324 e. The standard InChI is InChI=1S/C18H19N5O3/c1-11-5-6-13(12(2)9-11)19-14-10-15(22-7-3-4-8-22)16-17(21-26-20-16)18(14)23(24)25/h5-6,9-10,19H,3-4,7-8H2,1-2H3. The lowest BCUT2D eigenvalue weighted by molar-refractivity contribution is -0.382. The van der Waals surface area contributed by atoms with Gasteiger partial charge in [-0.3, -0.25) is 10.1 Å². The second kappa shape index (κ2) is 6.29. The number of aryl methyl sites for hydroxylation is 2. The first kappa shape index (κ1) is 16.3. The molecular formula is C18H19N5O3. The van der Waals surface area contributed by atoms with Gasteiger partial charge in [-0.2, -0.15) is 0 Å². The third-order valence-electron chi connectivity index (χ3n) is 4.77. The highest BCUT2D eigenvalue weighted by Gasteiger charge is 2.28. The molecule has 0 saturated carbocycles. The second-order valence-corrected chi connectivity index (χ2v) is 6.65. The minimum absolute atomic E-state index is 0.121. The summed E-state index contributed by atoms with van der Waals surface area (Å²) in [5.74, 6) is 0. The molecule has 8 nitrogen and oxygen atoms in total. The quantitative estimate of drug-likeness (QED) is 0.557. The maximum Gasteiger partial charge on any atom is 0.324 e. The van der Waals surface area contributed by atoms with E-state index in [0.717, 1.165) is 48.4 Å². The summed E-state index contributed by atoms with van der Waals surface area (Å²) >= 11 is 0. The molecule has 1 saturated heterocycles. The molecule has 0 aliphatic carbocycles. The molecule has 1 aliphatic heterocycles. The van der Waals surface area contributed by atoms with Gasteiger partial charge in [-0.25, -0.2) is 4.63 Å². The molecule has 1 fully saturated rings. The van der Waals surface area contributed by atoms with Gasteiger partial charge in [-0.1, -0.05) is 17.7 Å². The van der Waals surface area contributed by atoms with E-state index in [4.69, 9.17) is 4.63 Å². The van der Waals surface area contributed by atoms with Crippen molar-refractivity contribution in [1.82, 2.24) is 10.3 Å². The number of nitrogens with one attached hydrogen (secondary N) is 1. The predicted octanol–water partition coefficient (Wildman–Crippen LogP) is 4.09. The molecule has 0 atom stereocenters. The van der Waals surface area contributed by atoms with Crippen molar-refractivity contribution in [3.63, 3.8) is 0 Å². The van der Waals surface area contributed by atoms with Crippen LogP contribution >= 0.6 is 0 Å². The zero-order valence-corrected chi connectivity index (χ0v) is 14.7. The second-order valence-electron chi connectivity index (χ2n) is 6.65. The van der Waals surface area contributed by atoms with Crippen molar-refractivity contribution in [3.8, 4) is 0 Å². The lowest BCUT2D eigenvalue weighted by Gasteiger charge is -2.19. The summed E-state index contributed by atoms with van der Waals surface area (Å²) < 4.78 is 4.84.